The minimum absolute atomic E-state index is 0.0597. The van der Waals surface area contributed by atoms with Crippen molar-refractivity contribution in [3.05, 3.63) is 0 Å². The van der Waals surface area contributed by atoms with Crippen LogP contribution in [0.25, 0.3) is 0 Å². The number of hydrogen-bond acceptors (Lipinski definition) is 5. The lowest BCUT2D eigenvalue weighted by Crippen LogP contribution is -2.42. The van der Waals surface area contributed by atoms with Gasteiger partial charge < -0.3 is 9.47 Å². The second-order valence-electron chi connectivity index (χ2n) is 7.58. The molecule has 0 radical (unpaired) electrons. The Hall–Kier alpha value is -1.39. The van der Waals surface area contributed by atoms with Crippen molar-refractivity contribution in [1.82, 2.24) is 0 Å². The first-order chi connectivity index (χ1) is 10.3. The molecule has 5 nitrogen and oxygen atoms in total. The highest BCUT2D eigenvalue weighted by molar-refractivity contribution is 5.91. The normalized spacial score (nSPS) is 39.2. The molecule has 3 fully saturated rings. The van der Waals surface area contributed by atoms with Crippen LogP contribution in [0.2, 0.25) is 0 Å². The Labute approximate surface area is 130 Å². The maximum atomic E-state index is 12.4. The van der Waals surface area contributed by atoms with Gasteiger partial charge in [0.25, 0.3) is 0 Å². The third kappa shape index (κ3) is 2.01. The molecule has 6 atom stereocenters. The molecule has 0 heterocycles. The average molecular weight is 308 g/mol. The zero-order chi connectivity index (χ0) is 16.2. The van der Waals surface area contributed by atoms with Crippen molar-refractivity contribution in [2.45, 2.75) is 46.1 Å². The number of Topliss-reactive ketones (excluding diaryl/α,β-unsaturated/α-hetero) is 1. The minimum Gasteiger partial charge on any atom is -0.469 e. The van der Waals surface area contributed by atoms with Crippen molar-refractivity contribution in [3.63, 3.8) is 0 Å². The monoisotopic (exact) mass is 308 g/mol. The molecule has 0 saturated heterocycles. The van der Waals surface area contributed by atoms with Crippen LogP contribution in [0.1, 0.15) is 40.0 Å². The van der Waals surface area contributed by atoms with Gasteiger partial charge in [0.1, 0.15) is 11.9 Å². The fourth-order valence-electron chi connectivity index (χ4n) is 4.62. The van der Waals surface area contributed by atoms with E-state index in [0.717, 1.165) is 6.42 Å². The number of ketones is 1. The smallest absolute Gasteiger partial charge is 0.311 e. The van der Waals surface area contributed by atoms with Gasteiger partial charge in [0.05, 0.1) is 18.4 Å². The number of carbonyl (C=O) groups is 3. The van der Waals surface area contributed by atoms with E-state index < -0.39 is 11.3 Å². The molecule has 0 amide bonds. The van der Waals surface area contributed by atoms with E-state index in [1.807, 2.05) is 20.8 Å². The van der Waals surface area contributed by atoms with Gasteiger partial charge in [-0.25, -0.2) is 0 Å². The van der Waals surface area contributed by atoms with E-state index in [-0.39, 0.29) is 47.5 Å². The van der Waals surface area contributed by atoms with E-state index in [9.17, 15) is 14.4 Å². The summed E-state index contributed by atoms with van der Waals surface area (Å²) in [6.07, 6.45) is 1.61. The van der Waals surface area contributed by atoms with E-state index in [1.54, 1.807) is 0 Å². The lowest BCUT2D eigenvalue weighted by atomic mass is 9.78. The summed E-state index contributed by atoms with van der Waals surface area (Å²) in [5.74, 6) is -0.838. The summed E-state index contributed by atoms with van der Waals surface area (Å²) in [5, 5.41) is 0. The van der Waals surface area contributed by atoms with Crippen LogP contribution in [0.5, 0.6) is 0 Å². The van der Waals surface area contributed by atoms with Crippen LogP contribution in [0.4, 0.5) is 0 Å². The number of hydrogen-bond donors (Lipinski definition) is 0. The van der Waals surface area contributed by atoms with Gasteiger partial charge >= 0.3 is 11.9 Å². The topological polar surface area (TPSA) is 69.7 Å². The Morgan fingerprint density at radius 3 is 2.50 bits per heavy atom. The zero-order valence-corrected chi connectivity index (χ0v) is 13.6. The number of ether oxygens (including phenoxy) is 2. The summed E-state index contributed by atoms with van der Waals surface area (Å²) in [4.78, 5) is 36.8. The Morgan fingerprint density at radius 1 is 1.23 bits per heavy atom. The van der Waals surface area contributed by atoms with Gasteiger partial charge in [-0.1, -0.05) is 6.92 Å². The summed E-state index contributed by atoms with van der Waals surface area (Å²) in [6.45, 7) is 5.68. The summed E-state index contributed by atoms with van der Waals surface area (Å²) in [7, 11) is 1.35. The van der Waals surface area contributed by atoms with Crippen LogP contribution >= 0.6 is 0 Å². The second-order valence-corrected chi connectivity index (χ2v) is 7.58. The van der Waals surface area contributed by atoms with Crippen molar-refractivity contribution in [2.24, 2.45) is 35.0 Å². The number of esters is 2. The summed E-state index contributed by atoms with van der Waals surface area (Å²) in [6, 6.07) is 0. The van der Waals surface area contributed by atoms with Crippen molar-refractivity contribution < 1.29 is 23.9 Å². The van der Waals surface area contributed by atoms with Gasteiger partial charge in [-0.05, 0) is 32.6 Å². The molecule has 2 bridgehead atoms. The van der Waals surface area contributed by atoms with Gasteiger partial charge in [0.2, 0.25) is 0 Å². The molecule has 3 aliphatic rings. The SMILES string of the molecule is CCC(C)(C)C(=O)OC1C2CC(=O)C3C2CC1C3C(=O)OC. The quantitative estimate of drug-likeness (QED) is 0.743. The van der Waals surface area contributed by atoms with Crippen LogP contribution in [0.15, 0.2) is 0 Å². The van der Waals surface area contributed by atoms with Gasteiger partial charge in [0.15, 0.2) is 0 Å². The van der Waals surface area contributed by atoms with E-state index in [1.165, 1.54) is 7.11 Å². The Balaban J connectivity index is 1.84. The van der Waals surface area contributed by atoms with Crippen LogP contribution in [-0.4, -0.2) is 30.9 Å². The molecule has 0 aromatic rings. The Bertz CT molecular complexity index is 523. The highest BCUT2D eigenvalue weighted by atomic mass is 16.5. The first-order valence-electron chi connectivity index (χ1n) is 8.13. The molecule has 5 heteroatoms. The number of carbonyl (C=O) groups excluding carboxylic acids is 3. The molecule has 0 spiro atoms. The second kappa shape index (κ2) is 5.07. The summed E-state index contributed by atoms with van der Waals surface area (Å²) < 4.78 is 10.7. The molecule has 0 aliphatic heterocycles. The first-order valence-corrected chi connectivity index (χ1v) is 8.13. The standard InChI is InChI=1S/C17H24O5/c1-5-17(2,3)16(20)22-14-9-7-11(18)12-8(9)6-10(14)13(12)15(19)21-4/h8-10,12-14H,5-7H2,1-4H3. The lowest BCUT2D eigenvalue weighted by Gasteiger charge is -2.34. The molecule has 3 saturated carbocycles. The zero-order valence-electron chi connectivity index (χ0n) is 13.6. The van der Waals surface area contributed by atoms with Gasteiger partial charge in [-0.15, -0.1) is 0 Å². The van der Waals surface area contributed by atoms with E-state index in [2.05, 4.69) is 0 Å². The predicted molar refractivity (Wildman–Crippen MR) is 77.7 cm³/mol. The third-order valence-electron chi connectivity index (χ3n) is 6.21. The van der Waals surface area contributed by atoms with Crippen LogP contribution in [0.3, 0.4) is 0 Å². The molecular formula is C17H24O5. The van der Waals surface area contributed by atoms with E-state index in [4.69, 9.17) is 9.47 Å². The molecular weight excluding hydrogens is 284 g/mol. The van der Waals surface area contributed by atoms with Crippen molar-refractivity contribution in [3.8, 4) is 0 Å². The van der Waals surface area contributed by atoms with Gasteiger partial charge in [-0.2, -0.15) is 0 Å². The molecule has 0 N–H and O–H groups in total. The van der Waals surface area contributed by atoms with Crippen LogP contribution < -0.4 is 0 Å². The predicted octanol–water partition coefficient (Wildman–Crippen LogP) is 1.98. The van der Waals surface area contributed by atoms with Crippen molar-refractivity contribution in [1.29, 1.82) is 0 Å². The highest BCUT2D eigenvalue weighted by Crippen LogP contribution is 2.62. The van der Waals surface area contributed by atoms with Gasteiger partial charge in [0, 0.05) is 24.2 Å². The number of fused-ring (bicyclic) bond motifs is 1. The minimum atomic E-state index is -0.537. The van der Waals surface area contributed by atoms with E-state index in [0.29, 0.717) is 12.8 Å². The summed E-state index contributed by atoms with van der Waals surface area (Å²) >= 11 is 0. The van der Waals surface area contributed by atoms with Gasteiger partial charge in [-0.3, -0.25) is 14.4 Å². The Kier molecular flexibility index (Phi) is 3.57. The number of methoxy groups -OCH3 is 1. The molecule has 6 unspecified atom stereocenters. The van der Waals surface area contributed by atoms with Crippen LogP contribution in [0, 0.1) is 35.0 Å². The maximum Gasteiger partial charge on any atom is 0.311 e. The maximum absolute atomic E-state index is 12.4. The van der Waals surface area contributed by atoms with E-state index >= 15 is 0 Å². The largest absolute Gasteiger partial charge is 0.469 e. The highest BCUT2D eigenvalue weighted by Gasteiger charge is 2.68. The third-order valence-corrected chi connectivity index (χ3v) is 6.21. The Morgan fingerprint density at radius 2 is 1.91 bits per heavy atom. The van der Waals surface area contributed by atoms with Crippen molar-refractivity contribution >= 4 is 17.7 Å². The molecule has 0 aromatic heterocycles. The molecule has 3 rings (SSSR count). The fourth-order valence-corrected chi connectivity index (χ4v) is 4.62. The van der Waals surface area contributed by atoms with Crippen LogP contribution in [-0.2, 0) is 23.9 Å². The molecule has 122 valence electrons. The lowest BCUT2D eigenvalue weighted by molar-refractivity contribution is -0.170. The molecule has 3 aliphatic carbocycles. The average Bonchev–Trinajstić information content (AvgIpc) is 3.09. The van der Waals surface area contributed by atoms with Crippen molar-refractivity contribution in [2.75, 3.05) is 7.11 Å². The number of rotatable bonds is 4. The molecule has 0 aromatic carbocycles. The first kappa shape index (κ1) is 15.5. The molecule has 22 heavy (non-hydrogen) atoms. The fraction of sp³-hybridized carbons (Fsp3) is 0.824. The summed E-state index contributed by atoms with van der Waals surface area (Å²) in [5.41, 5.74) is -0.537.